The molecule has 0 aliphatic rings. The molecule has 0 saturated carbocycles. The Morgan fingerprint density at radius 1 is 0.403 bits per heavy atom. The number of likely N-dealkylation sites (N-methyl/N-ethyl adjacent to an activating group) is 2. The quantitative estimate of drug-likeness (QED) is 0.0255. The zero-order valence-electron chi connectivity index (χ0n) is 44.1. The van der Waals surface area contributed by atoms with Gasteiger partial charge in [-0.15, -0.1) is 0 Å². The number of amides is 1. The van der Waals surface area contributed by atoms with Crippen LogP contribution >= 0.6 is 0 Å². The molecule has 67 heavy (non-hydrogen) atoms. The predicted molar refractivity (Wildman–Crippen MR) is 279 cm³/mol. The number of hydrogen-bond acceptors (Lipinski definition) is 9. The third kappa shape index (κ3) is 46.1. The number of nitrogens with zero attached hydrogens (tertiary/aromatic N) is 2. The van der Waals surface area contributed by atoms with Crippen LogP contribution in [-0.2, 0) is 33.3 Å². The first-order valence-electron chi connectivity index (χ1n) is 27.3. The lowest BCUT2D eigenvalue weighted by atomic mass is 10.0. The number of carbonyl (C=O) groups excluding carboxylic acids is 4. The van der Waals surface area contributed by atoms with E-state index in [0.717, 1.165) is 109 Å². The second-order valence-electron chi connectivity index (χ2n) is 18.8. The first-order chi connectivity index (χ1) is 32.6. The number of esters is 3. The lowest BCUT2D eigenvalue weighted by molar-refractivity contribution is -0.167. The van der Waals surface area contributed by atoms with E-state index in [-0.39, 0.29) is 44.4 Å². The zero-order chi connectivity index (χ0) is 49.3. The van der Waals surface area contributed by atoms with Crippen LogP contribution in [0, 0.1) is 0 Å². The summed E-state index contributed by atoms with van der Waals surface area (Å²) in [4.78, 5) is 55.4. The van der Waals surface area contributed by atoms with Crippen LogP contribution in [0.1, 0.15) is 233 Å². The van der Waals surface area contributed by atoms with Crippen LogP contribution in [0.3, 0.4) is 0 Å². The van der Waals surface area contributed by atoms with Crippen LogP contribution in [0.5, 0.6) is 0 Å². The molecule has 1 amide bonds. The van der Waals surface area contributed by atoms with Crippen molar-refractivity contribution in [3.05, 3.63) is 48.6 Å². The molecule has 0 bridgehead atoms. The minimum absolute atomic E-state index is 0.0194. The van der Waals surface area contributed by atoms with E-state index in [1.807, 2.05) is 19.0 Å². The summed E-state index contributed by atoms with van der Waals surface area (Å²) in [6, 6.07) is 0. The molecule has 388 valence electrons. The van der Waals surface area contributed by atoms with Gasteiger partial charge in [-0.1, -0.05) is 166 Å². The first-order valence-corrected chi connectivity index (χ1v) is 27.3. The van der Waals surface area contributed by atoms with E-state index in [4.69, 9.17) is 18.9 Å². The van der Waals surface area contributed by atoms with Gasteiger partial charge in [-0.05, 0) is 110 Å². The monoisotopic (exact) mass is 943 g/mol. The summed E-state index contributed by atoms with van der Waals surface area (Å²) in [5, 5.41) is 0. The smallest absolute Gasteiger partial charge is 0.409 e. The Kier molecular flexibility index (Phi) is 46.5. The highest BCUT2D eigenvalue weighted by molar-refractivity contribution is 5.71. The average Bonchev–Trinajstić information content (AvgIpc) is 3.31. The van der Waals surface area contributed by atoms with Gasteiger partial charge < -0.3 is 28.7 Å². The van der Waals surface area contributed by atoms with Gasteiger partial charge in [0.2, 0.25) is 0 Å². The van der Waals surface area contributed by atoms with Crippen molar-refractivity contribution in [2.45, 2.75) is 245 Å². The summed E-state index contributed by atoms with van der Waals surface area (Å²) in [7, 11) is 5.64. The highest BCUT2D eigenvalue weighted by Gasteiger charge is 2.23. The van der Waals surface area contributed by atoms with E-state index in [9.17, 15) is 19.2 Å². The summed E-state index contributed by atoms with van der Waals surface area (Å²) >= 11 is 0. The standard InChI is InChI=1S/C57H102N2O8/c1-7-10-13-16-19-21-23-25-27-29-31-33-35-38-41-44-54(60)64-50-53(51-65-55(61)45-42-39-36-34-32-30-28-26-24-22-20-17-14-11-8-2)66-56(62)47-46-52(43-40-37-18-15-12-9-3)67-57(63)59(6)49-48-58(4)5/h19-22,25-28,52-53H,7-18,23-24,29-51H2,1-6H3/b21-19-,22-20-,27-25-,28-26-. The number of ether oxygens (including phenoxy) is 4. The Labute approximate surface area is 411 Å². The van der Waals surface area contributed by atoms with Gasteiger partial charge in [-0.3, -0.25) is 14.4 Å². The van der Waals surface area contributed by atoms with Gasteiger partial charge in [-0.2, -0.15) is 0 Å². The highest BCUT2D eigenvalue weighted by Crippen LogP contribution is 2.17. The molecule has 0 aliphatic carbocycles. The number of unbranched alkanes of at least 4 members (excludes halogenated alkanes) is 21. The summed E-state index contributed by atoms with van der Waals surface area (Å²) in [6.45, 7) is 7.52. The van der Waals surface area contributed by atoms with Crippen LogP contribution in [0.25, 0.3) is 0 Å². The molecule has 0 aromatic rings. The van der Waals surface area contributed by atoms with Crippen LogP contribution in [-0.4, -0.2) is 93.5 Å². The minimum Gasteiger partial charge on any atom is -0.462 e. The molecule has 0 aliphatic heterocycles. The Balaban J connectivity index is 5.02. The lowest BCUT2D eigenvalue weighted by Gasteiger charge is -2.24. The molecule has 0 aromatic carbocycles. The molecule has 10 heteroatoms. The van der Waals surface area contributed by atoms with Crippen molar-refractivity contribution in [2.75, 3.05) is 47.4 Å². The number of carbonyl (C=O) groups is 4. The van der Waals surface area contributed by atoms with E-state index in [0.29, 0.717) is 25.9 Å². The molecule has 0 radical (unpaired) electrons. The van der Waals surface area contributed by atoms with E-state index >= 15 is 0 Å². The molecule has 0 fully saturated rings. The molecule has 1 unspecified atom stereocenters. The maximum atomic E-state index is 13.3. The van der Waals surface area contributed by atoms with Crippen molar-refractivity contribution >= 4 is 24.0 Å². The molecule has 0 spiro atoms. The van der Waals surface area contributed by atoms with Crippen molar-refractivity contribution < 1.29 is 38.1 Å². The average molecular weight is 943 g/mol. The van der Waals surface area contributed by atoms with Crippen molar-refractivity contribution in [1.82, 2.24) is 9.80 Å². The third-order valence-electron chi connectivity index (χ3n) is 11.8. The molecule has 10 nitrogen and oxygen atoms in total. The number of allylic oxidation sites excluding steroid dienone is 8. The van der Waals surface area contributed by atoms with Crippen LogP contribution in [0.4, 0.5) is 4.79 Å². The Morgan fingerprint density at radius 2 is 0.806 bits per heavy atom. The highest BCUT2D eigenvalue weighted by atomic mass is 16.6. The van der Waals surface area contributed by atoms with Gasteiger partial charge in [0.1, 0.15) is 19.3 Å². The Bertz CT molecular complexity index is 1230. The fourth-order valence-corrected chi connectivity index (χ4v) is 7.41. The van der Waals surface area contributed by atoms with Gasteiger partial charge in [0.25, 0.3) is 0 Å². The van der Waals surface area contributed by atoms with Crippen molar-refractivity contribution in [3.63, 3.8) is 0 Å². The van der Waals surface area contributed by atoms with Gasteiger partial charge >= 0.3 is 24.0 Å². The summed E-state index contributed by atoms with van der Waals surface area (Å²) < 4.78 is 22.8. The van der Waals surface area contributed by atoms with Crippen molar-refractivity contribution in [2.24, 2.45) is 0 Å². The largest absolute Gasteiger partial charge is 0.462 e. The molecule has 0 aromatic heterocycles. The molecular formula is C57H102N2O8. The molecule has 1 atom stereocenters. The molecule has 0 rings (SSSR count). The van der Waals surface area contributed by atoms with Gasteiger partial charge in [0.15, 0.2) is 6.10 Å². The Morgan fingerprint density at radius 3 is 1.27 bits per heavy atom. The van der Waals surface area contributed by atoms with Crippen LogP contribution in [0.2, 0.25) is 0 Å². The fraction of sp³-hybridized carbons (Fsp3) is 0.789. The topological polar surface area (TPSA) is 112 Å². The van der Waals surface area contributed by atoms with Gasteiger partial charge in [-0.25, -0.2) is 4.79 Å². The van der Waals surface area contributed by atoms with Crippen molar-refractivity contribution in [1.29, 1.82) is 0 Å². The summed E-state index contributed by atoms with van der Waals surface area (Å²) in [6.07, 6.45) is 48.7. The van der Waals surface area contributed by atoms with Crippen molar-refractivity contribution in [3.8, 4) is 0 Å². The van der Waals surface area contributed by atoms with Crippen LogP contribution < -0.4 is 0 Å². The fourth-order valence-electron chi connectivity index (χ4n) is 7.41. The molecule has 0 saturated heterocycles. The number of rotatable bonds is 47. The zero-order valence-corrected chi connectivity index (χ0v) is 44.1. The SMILES string of the molecule is CCCCC/C=C\C/C=C\CCCCCCCC(=O)OCC(COC(=O)CCCCCCC/C=C\C/C=C\CCCCC)OC(=O)CCC(CCCCCCCC)OC(=O)N(C)CCN(C)C. The Hall–Kier alpha value is -3.40. The van der Waals surface area contributed by atoms with E-state index in [1.54, 1.807) is 11.9 Å². The number of hydrogen-bond donors (Lipinski definition) is 0. The lowest BCUT2D eigenvalue weighted by Crippen LogP contribution is -2.36. The maximum Gasteiger partial charge on any atom is 0.409 e. The predicted octanol–water partition coefficient (Wildman–Crippen LogP) is 15.1. The minimum atomic E-state index is -0.925. The molecule has 0 N–H and O–H groups in total. The van der Waals surface area contributed by atoms with Gasteiger partial charge in [0, 0.05) is 39.4 Å². The first kappa shape index (κ1) is 63.6. The second kappa shape index (κ2) is 49.0. The summed E-state index contributed by atoms with van der Waals surface area (Å²) in [5.74, 6) is -1.22. The third-order valence-corrected chi connectivity index (χ3v) is 11.8. The van der Waals surface area contributed by atoms with Crippen LogP contribution in [0.15, 0.2) is 48.6 Å². The van der Waals surface area contributed by atoms with Gasteiger partial charge in [0.05, 0.1) is 0 Å². The second-order valence-corrected chi connectivity index (χ2v) is 18.8. The maximum absolute atomic E-state index is 13.3. The van der Waals surface area contributed by atoms with E-state index < -0.39 is 24.3 Å². The van der Waals surface area contributed by atoms with E-state index in [2.05, 4.69) is 69.4 Å². The molecular weight excluding hydrogens is 841 g/mol. The molecule has 0 heterocycles. The summed E-state index contributed by atoms with van der Waals surface area (Å²) in [5.41, 5.74) is 0. The normalized spacial score (nSPS) is 12.4. The van der Waals surface area contributed by atoms with E-state index in [1.165, 1.54) is 70.6 Å².